The van der Waals surface area contributed by atoms with Crippen molar-refractivity contribution in [2.45, 2.75) is 218 Å². The van der Waals surface area contributed by atoms with Crippen molar-refractivity contribution >= 4 is 75.0 Å². The highest BCUT2D eigenvalue weighted by atomic mass is 16.6. The first-order valence-electron chi connectivity index (χ1n) is 45.8. The van der Waals surface area contributed by atoms with E-state index in [1.165, 1.54) is 13.4 Å². The lowest BCUT2D eigenvalue weighted by atomic mass is 9.79. The molecule has 2 amide bonds. The maximum atomic E-state index is 14.9. The number of nitrogens with zero attached hydrogens (tertiary/aromatic N) is 16. The zero-order valence-corrected chi connectivity index (χ0v) is 76.6. The molecule has 6 aromatic heterocycles. The maximum Gasteiger partial charge on any atom is 0.329 e. The molecule has 4 aliphatic heterocycles. The molecule has 37 nitrogen and oxygen atoms in total. The molecule has 0 radical (unpaired) electrons. The van der Waals surface area contributed by atoms with Gasteiger partial charge in [-0.2, -0.15) is 10.1 Å². The Hall–Kier alpha value is -10.8. The van der Waals surface area contributed by atoms with Crippen LogP contribution in [0.15, 0.2) is 126 Å². The Kier molecular flexibility index (Phi) is 34.7. The summed E-state index contributed by atoms with van der Waals surface area (Å²) in [4.78, 5) is 114. The highest BCUT2D eigenvalue weighted by molar-refractivity contribution is 6.39. The number of ketones is 3. The number of aromatic nitrogens is 13. The minimum atomic E-state index is -2.50. The number of methoxy groups -OCH3 is 3. The van der Waals surface area contributed by atoms with Gasteiger partial charge in [0.15, 0.2) is 17.0 Å². The van der Waals surface area contributed by atoms with Gasteiger partial charge in [0.05, 0.1) is 93.5 Å². The number of cyclic esters (lactones) is 1. The summed E-state index contributed by atoms with van der Waals surface area (Å²) in [5.41, 5.74) is 27.9. The molecular formula is C94H128N20O17. The van der Waals surface area contributed by atoms with E-state index in [0.29, 0.717) is 162 Å². The van der Waals surface area contributed by atoms with Crippen LogP contribution in [0.1, 0.15) is 150 Å². The number of aliphatic hydroxyl groups excluding tert-OH is 1. The molecule has 3 saturated heterocycles. The number of amides is 2. The summed E-state index contributed by atoms with van der Waals surface area (Å²) < 4.78 is 58.6. The lowest BCUT2D eigenvalue weighted by Crippen LogP contribution is -2.61. The number of piperidine rings is 1. The van der Waals surface area contributed by atoms with Crippen molar-refractivity contribution in [3.63, 3.8) is 0 Å². The Labute approximate surface area is 763 Å². The van der Waals surface area contributed by atoms with Crippen molar-refractivity contribution in [1.29, 1.82) is 0 Å². The molecule has 0 spiro atoms. The number of aryl methyl sites for hydroxylation is 1. The third-order valence-electron chi connectivity index (χ3n) is 25.9. The van der Waals surface area contributed by atoms with Gasteiger partial charge in [-0.3, -0.25) is 28.9 Å². The third-order valence-corrected chi connectivity index (χ3v) is 25.9. The molecule has 1 unspecified atom stereocenters. The zero-order chi connectivity index (χ0) is 92.8. The van der Waals surface area contributed by atoms with Crippen LogP contribution in [0, 0.1) is 29.6 Å². The number of carbonyl (C=O) groups is 6. The Bertz CT molecular complexity index is 5290. The molecule has 2 aromatic carbocycles. The molecule has 37 heteroatoms. The Morgan fingerprint density at radius 2 is 1.53 bits per heavy atom. The lowest BCUT2D eigenvalue weighted by Gasteiger charge is -2.42. The topological polar surface area (TPSA) is 473 Å². The van der Waals surface area contributed by atoms with Gasteiger partial charge in [0.1, 0.15) is 53.5 Å². The number of nitrogens with two attached hydrogens (primary N) is 3. The van der Waals surface area contributed by atoms with E-state index in [2.05, 4.69) is 56.8 Å². The van der Waals surface area contributed by atoms with Crippen molar-refractivity contribution in [2.24, 2.45) is 35.3 Å². The van der Waals surface area contributed by atoms with Gasteiger partial charge in [-0.25, -0.2) is 38.8 Å². The number of piperazine rings is 1. The van der Waals surface area contributed by atoms with E-state index in [9.17, 15) is 39.0 Å². The monoisotopic (exact) mass is 1810 g/mol. The predicted molar refractivity (Wildman–Crippen MR) is 487 cm³/mol. The van der Waals surface area contributed by atoms with Crippen LogP contribution in [0.25, 0.3) is 55.8 Å². The van der Waals surface area contributed by atoms with Crippen molar-refractivity contribution in [3.8, 4) is 33.6 Å². The van der Waals surface area contributed by atoms with Gasteiger partial charge in [-0.05, 0) is 144 Å². The quantitative estimate of drug-likeness (QED) is 0.0106. The van der Waals surface area contributed by atoms with E-state index < -0.39 is 83.8 Å². The fraction of sp³-hybridized carbons (Fsp3) is 0.574. The van der Waals surface area contributed by atoms with Crippen molar-refractivity contribution in [2.75, 3.05) is 117 Å². The van der Waals surface area contributed by atoms with Gasteiger partial charge in [0.2, 0.25) is 17.6 Å². The molecule has 4 fully saturated rings. The number of carbonyl (C=O) groups excluding carboxylic acids is 6. The van der Waals surface area contributed by atoms with Crippen molar-refractivity contribution in [3.05, 3.63) is 127 Å². The average molecular weight is 1810 g/mol. The molecule has 9 N–H and O–H groups in total. The number of nitrogens with one attached hydrogen (secondary N) is 1. The van der Waals surface area contributed by atoms with Gasteiger partial charge < -0.3 is 84.8 Å². The van der Waals surface area contributed by atoms with Crippen LogP contribution in [-0.2, 0) is 86.3 Å². The second-order valence-corrected chi connectivity index (χ2v) is 35.3. The number of anilines is 3. The third kappa shape index (κ3) is 25.1. The van der Waals surface area contributed by atoms with Gasteiger partial charge >= 0.3 is 5.97 Å². The Morgan fingerprint density at radius 3 is 2.30 bits per heavy atom. The minimum absolute atomic E-state index is 0.0213. The van der Waals surface area contributed by atoms with Crippen molar-refractivity contribution in [1.82, 2.24) is 79.8 Å². The lowest BCUT2D eigenvalue weighted by molar-refractivity contribution is -0.265. The standard InChI is InChI=1S/C94H128N20O17/c1-58-18-11-10-12-19-59(2)78(123-7)50-70-26-23-63(6)94(122,131-70)87(119)90(120)112-31-15-13-22-74(112)91(121)129-79(51-76(115)60(3)45-62(5)85(118)86(125-9)84(117)61(4)44-58)71(95)46-64-24-27-73(80(47-64)124-8)114-75(54-103-107-114)66-21-17-20-65(48-66)68-52-99-93(100-53-68)110-35-33-109(34-36-110)55-69-56-111(108-105-69)37-39-127-41-43-128-42-40-126-38-29-81(116)98-30-14-16-32-113-89-82(88(96)101-57-102-89)83(106-113)67-25-28-77-72(49-67)104-92(97)130-77/h10-12,17-21,25,28,45,48-49,52-54,56-58,60-61,63-64,70-71,73-74,78-80,85-86,118,122H,13-16,22-24,26-27,29-44,46-47,50-51,55,95H2,1-9H3,(H2,97,104)(H,98,116)(H2,96,101,102)/b12-10?,18-11+,59-19?,62-45+/t58-,60-,61-,63-,64+,70+,71-,73+,74+,78+,79?,80-,85-,86+,94-/m1/s1. The summed E-state index contributed by atoms with van der Waals surface area (Å²) in [6.45, 7) is 18.2. The van der Waals surface area contributed by atoms with Gasteiger partial charge in [0, 0.05) is 152 Å². The number of hydrogen-bond donors (Lipinski definition) is 6. The number of oxazole rings is 1. The maximum absolute atomic E-state index is 14.9. The van der Waals surface area contributed by atoms with Crippen LogP contribution >= 0.6 is 0 Å². The largest absolute Gasteiger partial charge is 0.459 e. The molecule has 1 saturated carbocycles. The molecule has 2 bridgehead atoms. The van der Waals surface area contributed by atoms with E-state index in [0.717, 1.165) is 83.1 Å². The number of esters is 1. The predicted octanol–water partition coefficient (Wildman–Crippen LogP) is 8.53. The number of Topliss-reactive ketones (excluding diaryl/α,β-unsaturated/α-hetero) is 3. The summed E-state index contributed by atoms with van der Waals surface area (Å²) in [5.74, 6) is -7.63. The average Bonchev–Trinajstić information content (AvgIpc) is 1.71. The smallest absolute Gasteiger partial charge is 0.329 e. The number of benzene rings is 2. The van der Waals surface area contributed by atoms with Gasteiger partial charge in [-0.15, -0.1) is 10.2 Å². The van der Waals surface area contributed by atoms with E-state index in [4.69, 9.17) is 74.6 Å². The SMILES string of the molecule is CO[C@H]1C[C@@H]2CC[C@@H](C)[C@@](O)(O2)C(=O)C(=O)N2CCCC[C@H]2C(=O)OC([C@H](N)C[C@@H]2CC[C@H](n3nncc3-c3cccc(-c4cnc(N5CCN(Cc6cn(CCOCCOCCOCCC(=O)NCCCCn7nc(-c8ccc9oc(N)nc9c8)c8c(N)ncnc87)nn6)CC5)nc4)c3)[C@H](OC)C2)CC(=O)[C@H](C)/C=C(\C)[C@@H](O)[C@@H](OC)C(=O)[C@H](C)C[C@H](C)/C=C/C=CC=C1C. The highest BCUT2D eigenvalue weighted by Crippen LogP contribution is 2.42. The second-order valence-electron chi connectivity index (χ2n) is 35.3. The fourth-order valence-electron chi connectivity index (χ4n) is 18.3. The molecule has 10 heterocycles. The number of allylic oxidation sites excluding steroid dienone is 6. The molecule has 15 atom stereocenters. The van der Waals surface area contributed by atoms with E-state index in [-0.39, 0.29) is 86.3 Å². The first-order valence-corrected chi connectivity index (χ1v) is 45.8. The number of hydrogen-bond acceptors (Lipinski definition) is 32. The van der Waals surface area contributed by atoms with Crippen LogP contribution in [0.3, 0.4) is 0 Å². The first-order chi connectivity index (χ1) is 63.3. The van der Waals surface area contributed by atoms with E-state index in [1.54, 1.807) is 69.6 Å². The number of nitrogen functional groups attached to an aromatic ring is 2. The van der Waals surface area contributed by atoms with Crippen molar-refractivity contribution < 1.29 is 81.3 Å². The van der Waals surface area contributed by atoms with Crippen LogP contribution in [0.2, 0.25) is 0 Å². The molecule has 5 aliphatic rings. The second kappa shape index (κ2) is 46.5. The summed E-state index contributed by atoms with van der Waals surface area (Å²) in [6, 6.07) is 11.2. The van der Waals surface area contributed by atoms with Crippen LogP contribution in [-0.4, -0.2) is 275 Å². The summed E-state index contributed by atoms with van der Waals surface area (Å²) in [7, 11) is 4.60. The summed E-state index contributed by atoms with van der Waals surface area (Å²) >= 11 is 0. The van der Waals surface area contributed by atoms with E-state index >= 15 is 0 Å². The number of fused-ring (bicyclic) bond motifs is 5. The van der Waals surface area contributed by atoms with Crippen LogP contribution < -0.4 is 27.4 Å². The highest BCUT2D eigenvalue weighted by Gasteiger charge is 2.53. The zero-order valence-electron chi connectivity index (χ0n) is 76.6. The first kappa shape index (κ1) is 97.7. The molecule has 131 heavy (non-hydrogen) atoms. The number of ether oxygens (including phenoxy) is 8. The summed E-state index contributed by atoms with van der Waals surface area (Å²) in [5, 5.41) is 50.2. The Balaban J connectivity index is 0.547. The molecule has 706 valence electrons. The Morgan fingerprint density at radius 1 is 0.756 bits per heavy atom. The van der Waals surface area contributed by atoms with Gasteiger partial charge in [-0.1, -0.05) is 92.8 Å². The number of rotatable bonds is 30. The molecular weight excluding hydrogens is 1680 g/mol. The minimum Gasteiger partial charge on any atom is -0.459 e. The normalized spacial score (nSPS) is 26.3. The van der Waals surface area contributed by atoms with Crippen LogP contribution in [0.4, 0.5) is 17.8 Å². The molecule has 8 aromatic rings. The molecule has 13 rings (SSSR count). The van der Waals surface area contributed by atoms with E-state index in [1.807, 2.05) is 97.8 Å². The van der Waals surface area contributed by atoms with Gasteiger partial charge in [0.25, 0.3) is 17.7 Å². The summed E-state index contributed by atoms with van der Waals surface area (Å²) in [6.07, 6.45) is 20.8. The number of aliphatic hydroxyl groups is 2. The number of unbranched alkanes of at least 4 members (excludes halogenated alkanes) is 1. The van der Waals surface area contributed by atoms with Crippen LogP contribution in [0.5, 0.6) is 0 Å². The fourth-order valence-corrected chi connectivity index (χ4v) is 18.3. The molecule has 1 aliphatic carbocycles.